The van der Waals surface area contributed by atoms with Crippen LogP contribution in [0.5, 0.6) is 5.75 Å². The number of amides is 2. The van der Waals surface area contributed by atoms with E-state index in [1.165, 1.54) is 19.2 Å². The first-order valence-electron chi connectivity index (χ1n) is 10.3. The maximum atomic E-state index is 12.7. The number of halogens is 3. The lowest BCUT2D eigenvalue weighted by atomic mass is 10.1. The van der Waals surface area contributed by atoms with Crippen LogP contribution in [0.2, 0.25) is 0 Å². The number of alkyl halides is 3. The number of hydrogen-bond acceptors (Lipinski definition) is 3. The van der Waals surface area contributed by atoms with E-state index in [-0.39, 0.29) is 23.7 Å². The van der Waals surface area contributed by atoms with Gasteiger partial charge in [-0.15, -0.1) is 0 Å². The molecule has 3 aromatic carbocycles. The van der Waals surface area contributed by atoms with E-state index in [2.05, 4.69) is 10.6 Å². The molecule has 0 aromatic heterocycles. The third kappa shape index (κ3) is 5.16. The van der Waals surface area contributed by atoms with E-state index in [1.54, 1.807) is 48.5 Å². The van der Waals surface area contributed by atoms with Gasteiger partial charge in [0.15, 0.2) is 0 Å². The molecule has 170 valence electrons. The fourth-order valence-electron chi connectivity index (χ4n) is 3.65. The normalized spacial score (nSPS) is 17.2. The average molecular weight is 454 g/mol. The fourth-order valence-corrected chi connectivity index (χ4v) is 3.65. The second-order valence-electron chi connectivity index (χ2n) is 7.79. The van der Waals surface area contributed by atoms with Crippen LogP contribution in [0.4, 0.5) is 24.5 Å². The average Bonchev–Trinajstić information content (AvgIpc) is 3.61. The lowest BCUT2D eigenvalue weighted by Gasteiger charge is -2.10. The summed E-state index contributed by atoms with van der Waals surface area (Å²) >= 11 is 0. The van der Waals surface area contributed by atoms with E-state index >= 15 is 0 Å². The molecule has 1 aliphatic carbocycles. The van der Waals surface area contributed by atoms with Crippen LogP contribution >= 0.6 is 0 Å². The molecule has 0 heterocycles. The van der Waals surface area contributed by atoms with Crippen LogP contribution in [-0.2, 0) is 11.0 Å². The molecule has 3 aromatic rings. The molecule has 1 fully saturated rings. The molecule has 2 amide bonds. The molecule has 0 spiro atoms. The zero-order valence-corrected chi connectivity index (χ0v) is 17.6. The lowest BCUT2D eigenvalue weighted by Crippen LogP contribution is -2.15. The molecule has 1 aliphatic rings. The molecule has 5 nitrogen and oxygen atoms in total. The Morgan fingerprint density at radius 2 is 1.58 bits per heavy atom. The van der Waals surface area contributed by atoms with Gasteiger partial charge in [-0.2, -0.15) is 13.2 Å². The van der Waals surface area contributed by atoms with Gasteiger partial charge in [0, 0.05) is 17.2 Å². The van der Waals surface area contributed by atoms with Crippen LogP contribution in [-0.4, -0.2) is 18.9 Å². The van der Waals surface area contributed by atoms with Crippen LogP contribution < -0.4 is 15.4 Å². The fraction of sp³-hybridized carbons (Fsp3) is 0.200. The molecular weight excluding hydrogens is 433 g/mol. The number of anilines is 2. The first kappa shape index (κ1) is 22.4. The number of rotatable bonds is 6. The standard InChI is InChI=1S/C25H21F3N2O3/c1-33-22-5-3-2-4-21(22)30-23(31)16-8-12-18(13-9-16)29-24(32)20-14-19(20)15-6-10-17(11-7-15)25(26,27)28/h2-13,19-20H,14H2,1H3,(H,29,32)(H,30,31). The van der Waals surface area contributed by atoms with Crippen molar-refractivity contribution in [3.05, 3.63) is 89.5 Å². The number of carbonyl (C=O) groups is 2. The highest BCUT2D eigenvalue weighted by Crippen LogP contribution is 2.48. The van der Waals surface area contributed by atoms with Crippen molar-refractivity contribution in [3.8, 4) is 5.75 Å². The van der Waals surface area contributed by atoms with Gasteiger partial charge in [-0.05, 0) is 66.4 Å². The van der Waals surface area contributed by atoms with Gasteiger partial charge in [0.2, 0.25) is 5.91 Å². The third-order valence-corrected chi connectivity index (χ3v) is 5.56. The van der Waals surface area contributed by atoms with E-state index in [9.17, 15) is 22.8 Å². The number of methoxy groups -OCH3 is 1. The predicted molar refractivity (Wildman–Crippen MR) is 118 cm³/mol. The summed E-state index contributed by atoms with van der Waals surface area (Å²) in [5.74, 6) is -0.372. The first-order valence-corrected chi connectivity index (χ1v) is 10.3. The molecule has 2 atom stereocenters. The Kier molecular flexibility index (Phi) is 6.09. The lowest BCUT2D eigenvalue weighted by molar-refractivity contribution is -0.137. The smallest absolute Gasteiger partial charge is 0.416 e. The van der Waals surface area contributed by atoms with Crippen LogP contribution in [0.3, 0.4) is 0 Å². The van der Waals surface area contributed by atoms with Crippen molar-refractivity contribution >= 4 is 23.2 Å². The summed E-state index contributed by atoms with van der Waals surface area (Å²) in [5, 5.41) is 5.58. The van der Waals surface area contributed by atoms with Gasteiger partial charge < -0.3 is 15.4 Å². The minimum absolute atomic E-state index is 0.0989. The van der Waals surface area contributed by atoms with E-state index in [1.807, 2.05) is 0 Å². The molecule has 0 aliphatic heterocycles. The summed E-state index contributed by atoms with van der Waals surface area (Å²) in [4.78, 5) is 25.0. The maximum Gasteiger partial charge on any atom is 0.416 e. The Bertz CT molecular complexity index is 1160. The maximum absolute atomic E-state index is 12.7. The Balaban J connectivity index is 1.34. The Morgan fingerprint density at radius 1 is 0.909 bits per heavy atom. The second kappa shape index (κ2) is 8.97. The van der Waals surface area contributed by atoms with Crippen LogP contribution in [0.15, 0.2) is 72.8 Å². The van der Waals surface area contributed by atoms with Gasteiger partial charge in [0.1, 0.15) is 5.75 Å². The van der Waals surface area contributed by atoms with Gasteiger partial charge in [0.05, 0.1) is 18.4 Å². The van der Waals surface area contributed by atoms with Gasteiger partial charge in [-0.3, -0.25) is 9.59 Å². The minimum Gasteiger partial charge on any atom is -0.495 e. The third-order valence-electron chi connectivity index (χ3n) is 5.56. The molecule has 0 bridgehead atoms. The van der Waals surface area contributed by atoms with Crippen molar-refractivity contribution in [3.63, 3.8) is 0 Å². The van der Waals surface area contributed by atoms with Crippen molar-refractivity contribution in [2.45, 2.75) is 18.5 Å². The van der Waals surface area contributed by atoms with Crippen molar-refractivity contribution in [2.75, 3.05) is 17.7 Å². The zero-order chi connectivity index (χ0) is 23.6. The van der Waals surface area contributed by atoms with E-state index < -0.39 is 11.7 Å². The SMILES string of the molecule is COc1ccccc1NC(=O)c1ccc(NC(=O)C2CC2c2ccc(C(F)(F)F)cc2)cc1. The molecule has 1 saturated carbocycles. The highest BCUT2D eigenvalue weighted by atomic mass is 19.4. The van der Waals surface area contributed by atoms with Crippen LogP contribution in [0.1, 0.15) is 33.8 Å². The summed E-state index contributed by atoms with van der Waals surface area (Å²) in [6.07, 6.45) is -3.80. The second-order valence-corrected chi connectivity index (χ2v) is 7.79. The summed E-state index contributed by atoms with van der Waals surface area (Å²) in [7, 11) is 1.52. The molecule has 4 rings (SSSR count). The zero-order valence-electron chi connectivity index (χ0n) is 17.6. The Labute approximate surface area is 188 Å². The molecular formula is C25H21F3N2O3. The quantitative estimate of drug-likeness (QED) is 0.502. The van der Waals surface area contributed by atoms with E-state index in [0.29, 0.717) is 34.7 Å². The van der Waals surface area contributed by atoms with Gasteiger partial charge in [-0.1, -0.05) is 24.3 Å². The molecule has 8 heteroatoms. The largest absolute Gasteiger partial charge is 0.495 e. The van der Waals surface area contributed by atoms with E-state index in [4.69, 9.17) is 4.74 Å². The van der Waals surface area contributed by atoms with Crippen LogP contribution in [0, 0.1) is 5.92 Å². The molecule has 2 N–H and O–H groups in total. The van der Waals surface area contributed by atoms with Gasteiger partial charge in [0.25, 0.3) is 5.91 Å². The molecule has 2 unspecified atom stereocenters. The highest BCUT2D eigenvalue weighted by molar-refractivity contribution is 6.05. The van der Waals surface area contributed by atoms with Crippen molar-refractivity contribution in [1.29, 1.82) is 0 Å². The van der Waals surface area contributed by atoms with Gasteiger partial charge >= 0.3 is 6.18 Å². The number of nitrogens with one attached hydrogen (secondary N) is 2. The molecule has 33 heavy (non-hydrogen) atoms. The number of carbonyl (C=O) groups excluding carboxylic acids is 2. The van der Waals surface area contributed by atoms with Gasteiger partial charge in [-0.25, -0.2) is 0 Å². The number of para-hydroxylation sites is 2. The van der Waals surface area contributed by atoms with Crippen LogP contribution in [0.25, 0.3) is 0 Å². The van der Waals surface area contributed by atoms with Crippen molar-refractivity contribution < 1.29 is 27.5 Å². The first-order chi connectivity index (χ1) is 15.8. The minimum atomic E-state index is -4.38. The van der Waals surface area contributed by atoms with E-state index in [0.717, 1.165) is 12.1 Å². The number of benzene rings is 3. The monoisotopic (exact) mass is 454 g/mol. The highest BCUT2D eigenvalue weighted by Gasteiger charge is 2.44. The van der Waals surface area contributed by atoms with Crippen molar-refractivity contribution in [1.82, 2.24) is 0 Å². The summed E-state index contributed by atoms with van der Waals surface area (Å²) in [6, 6.07) is 18.4. The predicted octanol–water partition coefficient (Wildman–Crippen LogP) is 5.71. The summed E-state index contributed by atoms with van der Waals surface area (Å²) < 4.78 is 43.4. The molecule has 0 radical (unpaired) electrons. The van der Waals surface area contributed by atoms with Crippen molar-refractivity contribution in [2.24, 2.45) is 5.92 Å². The summed E-state index contributed by atoms with van der Waals surface area (Å²) in [6.45, 7) is 0. The summed E-state index contributed by atoms with van der Waals surface area (Å²) in [5.41, 5.74) is 1.50. The molecule has 0 saturated heterocycles. The Hall–Kier alpha value is -3.81. The number of ether oxygens (including phenoxy) is 1. The number of hydrogen-bond donors (Lipinski definition) is 2. The topological polar surface area (TPSA) is 67.4 Å². The Morgan fingerprint density at radius 3 is 2.21 bits per heavy atom.